The first-order valence-corrected chi connectivity index (χ1v) is 7.12. The van der Waals surface area contributed by atoms with Crippen LogP contribution in [0.5, 0.6) is 5.75 Å². The Kier molecular flexibility index (Phi) is 3.71. The Labute approximate surface area is 128 Å². The van der Waals surface area contributed by atoms with Crippen LogP contribution in [-0.4, -0.2) is 19.0 Å². The Morgan fingerprint density at radius 1 is 1.24 bits per heavy atom. The van der Waals surface area contributed by atoms with E-state index in [2.05, 4.69) is 11.0 Å². The second-order valence-corrected chi connectivity index (χ2v) is 5.39. The van der Waals surface area contributed by atoms with E-state index < -0.39 is 0 Å². The Morgan fingerprint density at radius 2 is 2.05 bits per heavy atom. The van der Waals surface area contributed by atoms with Gasteiger partial charge < -0.3 is 15.4 Å². The minimum absolute atomic E-state index is 0.0194. The standard InChI is InChI=1S/C16H16ClN3O/c17-12-5-6-14(13(9-12)16(18)19)20-7-8-21-15-4-2-1-3-11(15)10-20/h1-6,9H,7-8,10H2,(H3,18,19). The van der Waals surface area contributed by atoms with Crippen molar-refractivity contribution in [2.24, 2.45) is 5.73 Å². The summed E-state index contributed by atoms with van der Waals surface area (Å²) in [5.41, 5.74) is 8.38. The molecule has 0 aromatic heterocycles. The number of hydrogen-bond acceptors (Lipinski definition) is 3. The van der Waals surface area contributed by atoms with Crippen molar-refractivity contribution in [1.82, 2.24) is 0 Å². The van der Waals surface area contributed by atoms with Crippen LogP contribution in [0.3, 0.4) is 0 Å². The lowest BCUT2D eigenvalue weighted by atomic mass is 10.1. The average molecular weight is 302 g/mol. The topological polar surface area (TPSA) is 62.3 Å². The van der Waals surface area contributed by atoms with E-state index in [1.165, 1.54) is 0 Å². The van der Waals surface area contributed by atoms with Gasteiger partial charge in [-0.05, 0) is 24.3 Å². The van der Waals surface area contributed by atoms with Gasteiger partial charge in [-0.15, -0.1) is 0 Å². The number of hydrogen-bond donors (Lipinski definition) is 2. The summed E-state index contributed by atoms with van der Waals surface area (Å²) in [4.78, 5) is 2.17. The lowest BCUT2D eigenvalue weighted by molar-refractivity contribution is 0.331. The normalized spacial score (nSPS) is 14.0. The Bertz CT molecular complexity index is 687. The third-order valence-electron chi connectivity index (χ3n) is 3.54. The molecule has 2 aromatic rings. The Balaban J connectivity index is 2.00. The van der Waals surface area contributed by atoms with Crippen molar-refractivity contribution in [1.29, 1.82) is 5.41 Å². The highest BCUT2D eigenvalue weighted by molar-refractivity contribution is 6.31. The highest BCUT2D eigenvalue weighted by Crippen LogP contribution is 2.29. The molecule has 108 valence electrons. The van der Waals surface area contributed by atoms with Crippen molar-refractivity contribution in [3.63, 3.8) is 0 Å². The van der Waals surface area contributed by atoms with Crippen molar-refractivity contribution in [3.8, 4) is 5.75 Å². The van der Waals surface area contributed by atoms with Crippen molar-refractivity contribution >= 4 is 23.1 Å². The summed E-state index contributed by atoms with van der Waals surface area (Å²) in [6.45, 7) is 2.05. The van der Waals surface area contributed by atoms with E-state index in [0.717, 1.165) is 30.1 Å². The molecule has 0 aliphatic carbocycles. The Morgan fingerprint density at radius 3 is 2.86 bits per heavy atom. The molecule has 0 bridgehead atoms. The summed E-state index contributed by atoms with van der Waals surface area (Å²) in [6.07, 6.45) is 0. The number of para-hydroxylation sites is 1. The van der Waals surface area contributed by atoms with Gasteiger partial charge in [-0.2, -0.15) is 0 Å². The number of nitrogens with two attached hydrogens (primary N) is 1. The van der Waals surface area contributed by atoms with Crippen LogP contribution in [0.15, 0.2) is 42.5 Å². The predicted molar refractivity (Wildman–Crippen MR) is 85.5 cm³/mol. The molecule has 3 N–H and O–H groups in total. The van der Waals surface area contributed by atoms with Gasteiger partial charge in [0, 0.05) is 28.4 Å². The number of nitrogens with one attached hydrogen (secondary N) is 1. The first kappa shape index (κ1) is 13.8. The van der Waals surface area contributed by atoms with Crippen LogP contribution in [0.25, 0.3) is 0 Å². The fourth-order valence-corrected chi connectivity index (χ4v) is 2.70. The van der Waals surface area contributed by atoms with Crippen molar-refractivity contribution in [2.75, 3.05) is 18.1 Å². The van der Waals surface area contributed by atoms with Gasteiger partial charge >= 0.3 is 0 Å². The fraction of sp³-hybridized carbons (Fsp3) is 0.188. The van der Waals surface area contributed by atoms with Gasteiger partial charge in [0.1, 0.15) is 18.2 Å². The van der Waals surface area contributed by atoms with Crippen LogP contribution in [0, 0.1) is 5.41 Å². The van der Waals surface area contributed by atoms with E-state index in [0.29, 0.717) is 17.2 Å². The fourth-order valence-electron chi connectivity index (χ4n) is 2.53. The summed E-state index contributed by atoms with van der Waals surface area (Å²) in [7, 11) is 0. The van der Waals surface area contributed by atoms with E-state index in [1.807, 2.05) is 30.3 Å². The number of nitrogen functional groups attached to an aromatic ring is 1. The van der Waals surface area contributed by atoms with Crippen molar-refractivity contribution < 1.29 is 4.74 Å². The van der Waals surface area contributed by atoms with Gasteiger partial charge in [-0.1, -0.05) is 29.8 Å². The van der Waals surface area contributed by atoms with Crippen LogP contribution in [-0.2, 0) is 6.54 Å². The molecular weight excluding hydrogens is 286 g/mol. The van der Waals surface area contributed by atoms with Gasteiger partial charge in [0.2, 0.25) is 0 Å². The monoisotopic (exact) mass is 301 g/mol. The van der Waals surface area contributed by atoms with Crippen molar-refractivity contribution in [3.05, 3.63) is 58.6 Å². The molecule has 0 spiro atoms. The van der Waals surface area contributed by atoms with Gasteiger partial charge in [-0.25, -0.2) is 0 Å². The average Bonchev–Trinajstić information content (AvgIpc) is 2.69. The van der Waals surface area contributed by atoms with E-state index in [9.17, 15) is 0 Å². The first-order valence-electron chi connectivity index (χ1n) is 6.75. The van der Waals surface area contributed by atoms with Crippen LogP contribution in [0.1, 0.15) is 11.1 Å². The largest absolute Gasteiger partial charge is 0.491 e. The highest BCUT2D eigenvalue weighted by atomic mass is 35.5. The molecule has 1 heterocycles. The van der Waals surface area contributed by atoms with Gasteiger partial charge in [0.15, 0.2) is 0 Å². The Hall–Kier alpha value is -2.20. The number of ether oxygens (including phenoxy) is 1. The number of anilines is 1. The van der Waals surface area contributed by atoms with E-state index in [1.54, 1.807) is 6.07 Å². The number of benzene rings is 2. The number of halogens is 1. The zero-order valence-corrected chi connectivity index (χ0v) is 12.2. The predicted octanol–water partition coefficient (Wildman–Crippen LogP) is 3.02. The van der Waals surface area contributed by atoms with Crippen LogP contribution in [0.4, 0.5) is 5.69 Å². The highest BCUT2D eigenvalue weighted by Gasteiger charge is 2.18. The zero-order valence-electron chi connectivity index (χ0n) is 11.5. The van der Waals surface area contributed by atoms with Crippen molar-refractivity contribution in [2.45, 2.75) is 6.54 Å². The molecule has 0 saturated carbocycles. The second kappa shape index (κ2) is 5.66. The molecule has 0 unspecified atom stereocenters. The van der Waals surface area contributed by atoms with Crippen LogP contribution < -0.4 is 15.4 Å². The zero-order chi connectivity index (χ0) is 14.8. The summed E-state index contributed by atoms with van der Waals surface area (Å²) >= 11 is 6.02. The molecule has 4 nitrogen and oxygen atoms in total. The number of fused-ring (bicyclic) bond motifs is 1. The number of nitrogens with zero attached hydrogens (tertiary/aromatic N) is 1. The van der Waals surface area contributed by atoms with E-state index in [4.69, 9.17) is 27.5 Å². The molecule has 2 aromatic carbocycles. The molecule has 21 heavy (non-hydrogen) atoms. The van der Waals surface area contributed by atoms with E-state index >= 15 is 0 Å². The molecule has 0 amide bonds. The maximum absolute atomic E-state index is 7.75. The van der Waals surface area contributed by atoms with Gasteiger partial charge in [0.25, 0.3) is 0 Å². The second-order valence-electron chi connectivity index (χ2n) is 4.95. The maximum atomic E-state index is 7.75. The third-order valence-corrected chi connectivity index (χ3v) is 3.78. The number of amidine groups is 1. The molecule has 1 aliphatic heterocycles. The smallest absolute Gasteiger partial charge is 0.124 e. The molecule has 0 atom stereocenters. The van der Waals surface area contributed by atoms with Crippen LogP contribution >= 0.6 is 11.6 Å². The molecule has 0 radical (unpaired) electrons. The SMILES string of the molecule is N=C(N)c1cc(Cl)ccc1N1CCOc2ccccc2C1. The third kappa shape index (κ3) is 2.81. The lowest BCUT2D eigenvalue weighted by Gasteiger charge is -2.24. The molecule has 3 rings (SSSR count). The summed E-state index contributed by atoms with van der Waals surface area (Å²) < 4.78 is 5.77. The minimum atomic E-state index is 0.0194. The maximum Gasteiger partial charge on any atom is 0.124 e. The molecular formula is C16H16ClN3O. The molecule has 1 aliphatic rings. The minimum Gasteiger partial charge on any atom is -0.491 e. The first-order chi connectivity index (χ1) is 10.1. The molecule has 0 saturated heterocycles. The van der Waals surface area contributed by atoms with Crippen LogP contribution in [0.2, 0.25) is 5.02 Å². The summed E-state index contributed by atoms with van der Waals surface area (Å²) in [5.74, 6) is 0.935. The molecule has 5 heteroatoms. The lowest BCUT2D eigenvalue weighted by Crippen LogP contribution is -2.28. The number of rotatable bonds is 2. The van der Waals surface area contributed by atoms with Gasteiger partial charge in [0.05, 0.1) is 6.54 Å². The summed E-state index contributed by atoms with van der Waals surface area (Å²) in [6, 6.07) is 13.5. The molecule has 0 fully saturated rings. The van der Waals surface area contributed by atoms with Gasteiger partial charge in [-0.3, -0.25) is 5.41 Å². The quantitative estimate of drug-likeness (QED) is 0.662. The van der Waals surface area contributed by atoms with E-state index in [-0.39, 0.29) is 5.84 Å². The summed E-state index contributed by atoms with van der Waals surface area (Å²) in [5, 5.41) is 8.33.